The Kier molecular flexibility index (Phi) is 17.7. The van der Waals surface area contributed by atoms with Gasteiger partial charge in [-0.05, 0) is 50.2 Å². The fraction of sp³-hybridized carbons (Fsp3) is 0.220. The molecular formula is C41H39ClF6N12. The van der Waals surface area contributed by atoms with Crippen LogP contribution in [0.2, 0.25) is 5.15 Å². The molecule has 12 nitrogen and oxygen atoms in total. The third kappa shape index (κ3) is 14.5. The van der Waals surface area contributed by atoms with Gasteiger partial charge in [-0.25, -0.2) is 29.8 Å². The summed E-state index contributed by atoms with van der Waals surface area (Å²) >= 11 is 5.73. The van der Waals surface area contributed by atoms with E-state index in [1.54, 1.807) is 44.2 Å². The molecular weight excluding hydrogens is 810 g/mol. The van der Waals surface area contributed by atoms with Gasteiger partial charge in [0.05, 0.1) is 23.3 Å². The van der Waals surface area contributed by atoms with E-state index in [0.29, 0.717) is 60.5 Å². The molecule has 2 aromatic carbocycles. The standard InChI is InChI=1S/C20H17F3N6.C12H8ClF3N2.C8H10N4.CH4/c1-13-10-18(26-9-8-25-17-7-6-14(11-24)12-27-17)29-19(28-13)15-4-2-3-5-16(15)20(21,22)23;1-7-6-10(13)18-11(17-7)8-4-2-3-5-9(8)12(14,15)16;1-10-7-2-3-8(12-6-7)11-5-4-9;/h2-7,10,12H,8-9H2,1H3,(H,25,27)(H,26,28,29);2-6H,1H3;2-3,6H,4-5,9H2,(H,11,12);1H4. The predicted octanol–water partition coefficient (Wildman–Crippen LogP) is 10.0. The van der Waals surface area contributed by atoms with Crippen molar-refractivity contribution in [2.45, 2.75) is 33.6 Å². The normalized spacial score (nSPS) is 10.6. The summed E-state index contributed by atoms with van der Waals surface area (Å²) in [4.78, 5) is 27.6. The summed E-state index contributed by atoms with van der Waals surface area (Å²) in [6.07, 6.45) is -5.94. The molecule has 4 aromatic heterocycles. The molecule has 6 rings (SSSR count). The zero-order valence-corrected chi connectivity index (χ0v) is 32.1. The zero-order chi connectivity index (χ0) is 43.0. The molecule has 0 spiro atoms. The molecule has 0 radical (unpaired) electrons. The largest absolute Gasteiger partial charge is 0.417 e. The van der Waals surface area contributed by atoms with Crippen LogP contribution in [0, 0.1) is 31.8 Å². The van der Waals surface area contributed by atoms with Crippen LogP contribution in [0.4, 0.5) is 49.5 Å². The van der Waals surface area contributed by atoms with Crippen molar-refractivity contribution in [2.24, 2.45) is 5.73 Å². The van der Waals surface area contributed by atoms with Gasteiger partial charge in [0, 0.05) is 67.2 Å². The molecule has 19 heteroatoms. The lowest BCUT2D eigenvalue weighted by Crippen LogP contribution is -2.15. The van der Waals surface area contributed by atoms with Crippen LogP contribution in [0.15, 0.2) is 97.3 Å². The molecule has 0 bridgehead atoms. The summed E-state index contributed by atoms with van der Waals surface area (Å²) in [7, 11) is 0. The zero-order valence-electron chi connectivity index (χ0n) is 31.4. The van der Waals surface area contributed by atoms with E-state index in [1.807, 2.05) is 6.07 Å². The number of nitrogens with zero attached hydrogens (tertiary/aromatic N) is 8. The van der Waals surface area contributed by atoms with Gasteiger partial charge in [0.15, 0.2) is 11.6 Å². The van der Waals surface area contributed by atoms with Crippen LogP contribution in [-0.4, -0.2) is 56.1 Å². The molecule has 60 heavy (non-hydrogen) atoms. The highest BCUT2D eigenvalue weighted by Crippen LogP contribution is 2.37. The average molecular weight is 849 g/mol. The molecule has 4 heterocycles. The number of aromatic nitrogens is 6. The lowest BCUT2D eigenvalue weighted by atomic mass is 10.1. The Morgan fingerprint density at radius 1 is 0.683 bits per heavy atom. The molecule has 0 aliphatic heterocycles. The van der Waals surface area contributed by atoms with E-state index >= 15 is 0 Å². The number of hydrogen-bond donors (Lipinski definition) is 4. The first-order valence-corrected chi connectivity index (χ1v) is 17.8. The van der Waals surface area contributed by atoms with Gasteiger partial charge < -0.3 is 21.7 Å². The first kappa shape index (κ1) is 47.5. The van der Waals surface area contributed by atoms with Gasteiger partial charge in [-0.1, -0.05) is 61.5 Å². The molecule has 312 valence electrons. The summed E-state index contributed by atoms with van der Waals surface area (Å²) in [6.45, 7) is 12.3. The van der Waals surface area contributed by atoms with Gasteiger partial charge in [-0.2, -0.15) is 31.6 Å². The molecule has 0 aliphatic rings. The number of alkyl halides is 6. The number of pyridine rings is 2. The number of anilines is 3. The number of nitriles is 1. The summed E-state index contributed by atoms with van der Waals surface area (Å²) in [6, 6.07) is 22.4. The van der Waals surface area contributed by atoms with Crippen molar-refractivity contribution in [2.75, 3.05) is 42.1 Å². The van der Waals surface area contributed by atoms with Crippen molar-refractivity contribution < 1.29 is 26.3 Å². The van der Waals surface area contributed by atoms with Crippen molar-refractivity contribution in [1.29, 1.82) is 5.26 Å². The topological polar surface area (TPSA) is 168 Å². The minimum atomic E-state index is -4.49. The lowest BCUT2D eigenvalue weighted by molar-refractivity contribution is -0.137. The van der Waals surface area contributed by atoms with E-state index in [-0.39, 0.29) is 35.4 Å². The lowest BCUT2D eigenvalue weighted by Gasteiger charge is -2.13. The fourth-order valence-electron chi connectivity index (χ4n) is 4.98. The summed E-state index contributed by atoms with van der Waals surface area (Å²) in [5.74, 6) is 1.80. The second-order valence-corrected chi connectivity index (χ2v) is 12.5. The highest BCUT2D eigenvalue weighted by atomic mass is 35.5. The smallest absolute Gasteiger partial charge is 0.369 e. The number of benzene rings is 2. The van der Waals surface area contributed by atoms with Crippen LogP contribution in [0.3, 0.4) is 0 Å². The van der Waals surface area contributed by atoms with Crippen LogP contribution in [-0.2, 0) is 12.4 Å². The highest BCUT2D eigenvalue weighted by molar-refractivity contribution is 6.29. The molecule has 6 aromatic rings. The van der Waals surface area contributed by atoms with Gasteiger partial charge in [0.2, 0.25) is 5.69 Å². The number of nitrogens with two attached hydrogens (primary N) is 1. The Hall–Kier alpha value is -6.89. The van der Waals surface area contributed by atoms with Crippen LogP contribution >= 0.6 is 11.6 Å². The monoisotopic (exact) mass is 848 g/mol. The van der Waals surface area contributed by atoms with Crippen molar-refractivity contribution in [3.63, 3.8) is 0 Å². The molecule has 0 fully saturated rings. The number of hydrogen-bond acceptors (Lipinski definition) is 11. The summed E-state index contributed by atoms with van der Waals surface area (Å²) < 4.78 is 78.4. The van der Waals surface area contributed by atoms with E-state index in [4.69, 9.17) is 29.2 Å². The molecule has 0 saturated carbocycles. The van der Waals surface area contributed by atoms with E-state index < -0.39 is 23.5 Å². The van der Waals surface area contributed by atoms with Crippen LogP contribution in [0.25, 0.3) is 27.6 Å². The minimum Gasteiger partial charge on any atom is -0.369 e. The Morgan fingerprint density at radius 2 is 1.18 bits per heavy atom. The van der Waals surface area contributed by atoms with Gasteiger partial charge in [-0.3, -0.25) is 4.98 Å². The van der Waals surface area contributed by atoms with Gasteiger partial charge >= 0.3 is 12.4 Å². The molecule has 0 aliphatic carbocycles. The first-order valence-electron chi connectivity index (χ1n) is 17.4. The molecule has 0 amide bonds. The van der Waals surface area contributed by atoms with Gasteiger partial charge in [0.25, 0.3) is 0 Å². The number of halogens is 7. The maximum atomic E-state index is 13.3. The Morgan fingerprint density at radius 3 is 1.65 bits per heavy atom. The number of nitrogens with one attached hydrogen (secondary N) is 3. The molecule has 0 unspecified atom stereocenters. The first-order chi connectivity index (χ1) is 28.1. The van der Waals surface area contributed by atoms with E-state index in [9.17, 15) is 26.3 Å². The number of rotatable bonds is 10. The fourth-order valence-corrected chi connectivity index (χ4v) is 5.22. The Labute approximate surface area is 347 Å². The average Bonchev–Trinajstić information content (AvgIpc) is 3.21. The molecule has 5 N–H and O–H groups in total. The van der Waals surface area contributed by atoms with Gasteiger partial charge in [0.1, 0.15) is 28.7 Å². The van der Waals surface area contributed by atoms with Crippen LogP contribution < -0.4 is 21.7 Å². The Balaban J connectivity index is 0.000000264. The van der Waals surface area contributed by atoms with E-state index in [0.717, 1.165) is 18.0 Å². The quantitative estimate of drug-likeness (QED) is 0.0448. The van der Waals surface area contributed by atoms with Crippen molar-refractivity contribution in [3.8, 4) is 28.8 Å². The van der Waals surface area contributed by atoms with E-state index in [2.05, 4.69) is 50.7 Å². The van der Waals surface area contributed by atoms with E-state index in [1.165, 1.54) is 54.9 Å². The predicted molar refractivity (Wildman–Crippen MR) is 220 cm³/mol. The molecule has 0 saturated heterocycles. The van der Waals surface area contributed by atoms with Crippen LogP contribution in [0.5, 0.6) is 0 Å². The maximum Gasteiger partial charge on any atom is 0.417 e. The number of aryl methyl sites for hydroxylation is 2. The SMILES string of the molecule is C.Cc1cc(Cl)nc(-c2ccccc2C(F)(F)F)n1.Cc1cc(NCCNc2ccc(C#N)cn2)nc(-c2ccccc2C(F)(F)F)n1.[C-]#[N+]c1ccc(NCCN)nc1. The van der Waals surface area contributed by atoms with Crippen molar-refractivity contribution in [1.82, 2.24) is 29.9 Å². The van der Waals surface area contributed by atoms with Gasteiger partial charge in [-0.15, -0.1) is 0 Å². The molecule has 0 atom stereocenters. The van der Waals surface area contributed by atoms with Crippen LogP contribution in [0.1, 0.15) is 35.5 Å². The Bertz CT molecular complexity index is 2360. The maximum absolute atomic E-state index is 13.3. The highest BCUT2D eigenvalue weighted by Gasteiger charge is 2.35. The second-order valence-electron chi connectivity index (χ2n) is 12.1. The van der Waals surface area contributed by atoms with Crippen molar-refractivity contribution >= 4 is 34.7 Å². The third-order valence-electron chi connectivity index (χ3n) is 7.58. The summed E-state index contributed by atoms with van der Waals surface area (Å²) in [5.41, 5.74) is 5.70. The minimum absolute atomic E-state index is 0. The summed E-state index contributed by atoms with van der Waals surface area (Å²) in [5, 5.41) is 18.0. The third-order valence-corrected chi connectivity index (χ3v) is 7.77. The van der Waals surface area contributed by atoms with Crippen molar-refractivity contribution in [3.05, 3.63) is 142 Å². The second kappa shape index (κ2) is 22.3.